The molecule has 1 aromatic carbocycles. The standard InChI is InChI=1S/C15H23BrClN3/c1-3-12-10-20(7-6-19(12)2)15(9-18)11-4-5-13(16)14(17)8-11/h4-5,8,12,15H,3,6-7,9-10,18H2,1-2H3. The monoisotopic (exact) mass is 359 g/mol. The highest BCUT2D eigenvalue weighted by Crippen LogP contribution is 2.29. The van der Waals surface area contributed by atoms with Gasteiger partial charge in [-0.3, -0.25) is 4.90 Å². The molecule has 20 heavy (non-hydrogen) atoms. The average molecular weight is 361 g/mol. The Kier molecular flexibility index (Phi) is 5.87. The van der Waals surface area contributed by atoms with Crippen LogP contribution in [-0.2, 0) is 0 Å². The van der Waals surface area contributed by atoms with Gasteiger partial charge >= 0.3 is 0 Å². The van der Waals surface area contributed by atoms with E-state index < -0.39 is 0 Å². The second-order valence-electron chi connectivity index (χ2n) is 5.46. The molecular formula is C15H23BrClN3. The molecule has 1 aliphatic rings. The summed E-state index contributed by atoms with van der Waals surface area (Å²) in [5, 5.41) is 0.752. The van der Waals surface area contributed by atoms with Crippen molar-refractivity contribution in [3.8, 4) is 0 Å². The first-order valence-electron chi connectivity index (χ1n) is 7.16. The zero-order valence-electron chi connectivity index (χ0n) is 12.1. The van der Waals surface area contributed by atoms with E-state index in [1.54, 1.807) is 0 Å². The number of hydrogen-bond acceptors (Lipinski definition) is 3. The molecule has 1 aliphatic heterocycles. The number of likely N-dealkylation sites (N-methyl/N-ethyl adjacent to an activating group) is 1. The van der Waals surface area contributed by atoms with E-state index in [0.29, 0.717) is 12.6 Å². The lowest BCUT2D eigenvalue weighted by Gasteiger charge is -2.42. The molecule has 1 heterocycles. The van der Waals surface area contributed by atoms with E-state index in [1.807, 2.05) is 12.1 Å². The van der Waals surface area contributed by atoms with Crippen molar-refractivity contribution in [2.24, 2.45) is 5.73 Å². The Labute approximate surface area is 135 Å². The molecule has 0 saturated carbocycles. The van der Waals surface area contributed by atoms with Crippen LogP contribution in [-0.4, -0.2) is 49.1 Å². The largest absolute Gasteiger partial charge is 0.329 e. The van der Waals surface area contributed by atoms with Gasteiger partial charge in [-0.05, 0) is 47.1 Å². The summed E-state index contributed by atoms with van der Waals surface area (Å²) in [6, 6.07) is 7.02. The second kappa shape index (κ2) is 7.23. The maximum Gasteiger partial charge on any atom is 0.0551 e. The van der Waals surface area contributed by atoms with Gasteiger partial charge in [0.05, 0.1) is 5.02 Å². The average Bonchev–Trinajstić information content (AvgIpc) is 2.45. The van der Waals surface area contributed by atoms with Gasteiger partial charge in [0.2, 0.25) is 0 Å². The summed E-state index contributed by atoms with van der Waals surface area (Å²) >= 11 is 9.66. The third-order valence-electron chi connectivity index (χ3n) is 4.27. The van der Waals surface area contributed by atoms with Crippen molar-refractivity contribution in [2.45, 2.75) is 25.4 Å². The maximum absolute atomic E-state index is 6.22. The smallest absolute Gasteiger partial charge is 0.0551 e. The molecule has 0 bridgehead atoms. The van der Waals surface area contributed by atoms with Crippen molar-refractivity contribution in [1.82, 2.24) is 9.80 Å². The molecule has 5 heteroatoms. The van der Waals surface area contributed by atoms with Crippen molar-refractivity contribution in [3.63, 3.8) is 0 Å². The summed E-state index contributed by atoms with van der Waals surface area (Å²) in [7, 11) is 2.21. The first kappa shape index (κ1) is 16.2. The predicted molar refractivity (Wildman–Crippen MR) is 89.2 cm³/mol. The van der Waals surface area contributed by atoms with Gasteiger partial charge in [-0.15, -0.1) is 0 Å². The Morgan fingerprint density at radius 3 is 2.80 bits per heavy atom. The van der Waals surface area contributed by atoms with Crippen molar-refractivity contribution in [3.05, 3.63) is 33.3 Å². The fraction of sp³-hybridized carbons (Fsp3) is 0.600. The summed E-state index contributed by atoms with van der Waals surface area (Å²) < 4.78 is 0.934. The van der Waals surface area contributed by atoms with Crippen LogP contribution < -0.4 is 5.73 Å². The zero-order valence-corrected chi connectivity index (χ0v) is 14.5. The molecule has 1 saturated heterocycles. The predicted octanol–water partition coefficient (Wildman–Crippen LogP) is 3.13. The minimum atomic E-state index is 0.253. The Bertz CT molecular complexity index is 455. The van der Waals surface area contributed by atoms with Crippen LogP contribution >= 0.6 is 27.5 Å². The molecule has 1 fully saturated rings. The van der Waals surface area contributed by atoms with Crippen molar-refractivity contribution in [2.75, 3.05) is 33.2 Å². The van der Waals surface area contributed by atoms with Gasteiger partial charge in [0.25, 0.3) is 0 Å². The number of halogens is 2. The first-order chi connectivity index (χ1) is 9.56. The van der Waals surface area contributed by atoms with E-state index in [-0.39, 0.29) is 6.04 Å². The van der Waals surface area contributed by atoms with E-state index in [1.165, 1.54) is 12.0 Å². The lowest BCUT2D eigenvalue weighted by molar-refractivity contribution is 0.0644. The van der Waals surface area contributed by atoms with Crippen LogP contribution in [0.5, 0.6) is 0 Å². The van der Waals surface area contributed by atoms with Crippen LogP contribution in [0.25, 0.3) is 0 Å². The lowest BCUT2D eigenvalue weighted by atomic mass is 10.0. The molecule has 0 aromatic heterocycles. The van der Waals surface area contributed by atoms with Crippen LogP contribution in [0.3, 0.4) is 0 Å². The number of hydrogen-bond donors (Lipinski definition) is 1. The van der Waals surface area contributed by atoms with Crippen LogP contribution in [0.15, 0.2) is 22.7 Å². The van der Waals surface area contributed by atoms with Crippen molar-refractivity contribution in [1.29, 1.82) is 0 Å². The van der Waals surface area contributed by atoms with E-state index in [9.17, 15) is 0 Å². The zero-order chi connectivity index (χ0) is 14.7. The highest BCUT2D eigenvalue weighted by atomic mass is 79.9. The van der Waals surface area contributed by atoms with Gasteiger partial charge in [-0.1, -0.05) is 24.6 Å². The minimum Gasteiger partial charge on any atom is -0.329 e. The summed E-state index contributed by atoms with van der Waals surface area (Å²) in [5.74, 6) is 0. The Balaban J connectivity index is 2.17. The molecule has 0 amide bonds. The van der Waals surface area contributed by atoms with Crippen molar-refractivity contribution < 1.29 is 0 Å². The Hall–Kier alpha value is -0.130. The Morgan fingerprint density at radius 1 is 1.45 bits per heavy atom. The number of piperazine rings is 1. The number of rotatable bonds is 4. The van der Waals surface area contributed by atoms with Gasteiger partial charge in [-0.2, -0.15) is 0 Å². The van der Waals surface area contributed by atoms with Crippen LogP contribution in [0.4, 0.5) is 0 Å². The fourth-order valence-corrected chi connectivity index (χ4v) is 3.35. The van der Waals surface area contributed by atoms with Crippen LogP contribution in [0, 0.1) is 0 Å². The Morgan fingerprint density at radius 2 is 2.20 bits per heavy atom. The molecule has 2 atom stereocenters. The third kappa shape index (κ3) is 3.55. The molecule has 2 N–H and O–H groups in total. The molecular weight excluding hydrogens is 338 g/mol. The SMILES string of the molecule is CCC1CN(C(CN)c2ccc(Br)c(Cl)c2)CCN1C. The molecule has 112 valence electrons. The number of benzene rings is 1. The highest BCUT2D eigenvalue weighted by Gasteiger charge is 2.28. The van der Waals surface area contributed by atoms with Gasteiger partial charge in [-0.25, -0.2) is 0 Å². The van der Waals surface area contributed by atoms with E-state index in [2.05, 4.69) is 45.8 Å². The van der Waals surface area contributed by atoms with E-state index in [4.69, 9.17) is 17.3 Å². The molecule has 0 spiro atoms. The molecule has 1 aromatic rings. The quantitative estimate of drug-likeness (QED) is 0.895. The lowest BCUT2D eigenvalue weighted by Crippen LogP contribution is -2.53. The summed E-state index contributed by atoms with van der Waals surface area (Å²) in [5.41, 5.74) is 7.24. The normalized spacial score (nSPS) is 22.9. The summed E-state index contributed by atoms with van der Waals surface area (Å²) in [6.45, 7) is 6.10. The minimum absolute atomic E-state index is 0.253. The second-order valence-corrected chi connectivity index (χ2v) is 6.72. The van der Waals surface area contributed by atoms with Gasteiger partial charge in [0, 0.05) is 42.7 Å². The highest BCUT2D eigenvalue weighted by molar-refractivity contribution is 9.10. The van der Waals surface area contributed by atoms with Gasteiger partial charge in [0.15, 0.2) is 0 Å². The van der Waals surface area contributed by atoms with Crippen LogP contribution in [0.1, 0.15) is 24.9 Å². The van der Waals surface area contributed by atoms with E-state index >= 15 is 0 Å². The molecule has 2 rings (SSSR count). The fourth-order valence-electron chi connectivity index (χ4n) is 2.91. The molecule has 0 aliphatic carbocycles. The van der Waals surface area contributed by atoms with Gasteiger partial charge < -0.3 is 10.6 Å². The summed E-state index contributed by atoms with van der Waals surface area (Å²) in [4.78, 5) is 4.94. The summed E-state index contributed by atoms with van der Waals surface area (Å²) in [6.07, 6.45) is 1.17. The number of nitrogens with zero attached hydrogens (tertiary/aromatic N) is 2. The van der Waals surface area contributed by atoms with E-state index in [0.717, 1.165) is 29.1 Å². The third-order valence-corrected chi connectivity index (χ3v) is 5.50. The molecule has 3 nitrogen and oxygen atoms in total. The van der Waals surface area contributed by atoms with Crippen LogP contribution in [0.2, 0.25) is 5.02 Å². The first-order valence-corrected chi connectivity index (χ1v) is 8.33. The maximum atomic E-state index is 6.22. The molecule has 0 radical (unpaired) electrons. The topological polar surface area (TPSA) is 32.5 Å². The molecule has 2 unspecified atom stereocenters. The number of nitrogens with two attached hydrogens (primary N) is 1. The van der Waals surface area contributed by atoms with Gasteiger partial charge in [0.1, 0.15) is 0 Å². The van der Waals surface area contributed by atoms with Crippen molar-refractivity contribution >= 4 is 27.5 Å².